The lowest BCUT2D eigenvalue weighted by molar-refractivity contribution is 0.281. The third kappa shape index (κ3) is 3.27. The summed E-state index contributed by atoms with van der Waals surface area (Å²) in [6.07, 6.45) is 0. The number of anilines is 1. The molecular weight excluding hydrogens is 305 g/mol. The number of aliphatic hydroxyl groups is 1. The molecule has 4 nitrogen and oxygen atoms in total. The molecule has 0 bridgehead atoms. The summed E-state index contributed by atoms with van der Waals surface area (Å²) in [5.41, 5.74) is 0.258. The Morgan fingerprint density at radius 3 is 2.60 bits per heavy atom. The molecule has 0 saturated heterocycles. The van der Waals surface area contributed by atoms with Crippen LogP contribution >= 0.6 is 11.6 Å². The van der Waals surface area contributed by atoms with Crippen molar-refractivity contribution in [2.45, 2.75) is 11.5 Å². The largest absolute Gasteiger partial charge is 0.392 e. The van der Waals surface area contributed by atoms with Gasteiger partial charge < -0.3 is 5.11 Å². The molecule has 2 N–H and O–H groups in total. The first-order valence-electron chi connectivity index (χ1n) is 5.60. The van der Waals surface area contributed by atoms with Gasteiger partial charge in [-0.3, -0.25) is 4.72 Å². The maximum absolute atomic E-state index is 13.6. The lowest BCUT2D eigenvalue weighted by atomic mass is 10.2. The molecule has 2 rings (SSSR count). The van der Waals surface area contributed by atoms with Crippen LogP contribution in [-0.4, -0.2) is 13.5 Å². The van der Waals surface area contributed by atoms with Crippen LogP contribution in [0.15, 0.2) is 47.4 Å². The Balaban J connectivity index is 2.35. The Morgan fingerprint density at radius 2 is 1.95 bits per heavy atom. The van der Waals surface area contributed by atoms with Crippen LogP contribution in [0.1, 0.15) is 5.56 Å². The Bertz CT molecular complexity index is 734. The molecule has 0 unspecified atom stereocenters. The van der Waals surface area contributed by atoms with Crippen molar-refractivity contribution in [3.63, 3.8) is 0 Å². The van der Waals surface area contributed by atoms with Crippen molar-refractivity contribution in [2.24, 2.45) is 0 Å². The van der Waals surface area contributed by atoms with E-state index in [1.807, 2.05) is 0 Å². The first-order valence-corrected chi connectivity index (χ1v) is 7.46. The van der Waals surface area contributed by atoms with Gasteiger partial charge in [0.2, 0.25) is 0 Å². The molecule has 0 aliphatic rings. The SMILES string of the molecule is O=S(=O)(Nc1ccc(Cl)cc1F)c1cccc(CO)c1. The summed E-state index contributed by atoms with van der Waals surface area (Å²) in [7, 11) is -3.93. The van der Waals surface area contributed by atoms with E-state index < -0.39 is 15.8 Å². The first-order chi connectivity index (χ1) is 9.42. The Labute approximate surface area is 120 Å². The van der Waals surface area contributed by atoms with Gasteiger partial charge in [0.05, 0.1) is 17.2 Å². The average Bonchev–Trinajstić information content (AvgIpc) is 2.42. The first kappa shape index (κ1) is 14.8. The molecule has 0 fully saturated rings. The van der Waals surface area contributed by atoms with Gasteiger partial charge in [0.15, 0.2) is 0 Å². The number of nitrogens with one attached hydrogen (secondary N) is 1. The van der Waals surface area contributed by atoms with Gasteiger partial charge in [0.1, 0.15) is 5.82 Å². The zero-order valence-electron chi connectivity index (χ0n) is 10.2. The summed E-state index contributed by atoms with van der Waals surface area (Å²) in [5, 5.41) is 9.18. The molecule has 2 aromatic rings. The van der Waals surface area contributed by atoms with Crippen molar-refractivity contribution in [3.05, 3.63) is 58.9 Å². The van der Waals surface area contributed by atoms with Gasteiger partial charge in [-0.1, -0.05) is 23.7 Å². The van der Waals surface area contributed by atoms with Gasteiger partial charge in [-0.25, -0.2) is 12.8 Å². The van der Waals surface area contributed by atoms with Gasteiger partial charge in [-0.15, -0.1) is 0 Å². The molecule has 0 aliphatic carbocycles. The van der Waals surface area contributed by atoms with Gasteiger partial charge in [0, 0.05) is 5.02 Å². The van der Waals surface area contributed by atoms with E-state index in [0.29, 0.717) is 5.56 Å². The van der Waals surface area contributed by atoms with Crippen molar-refractivity contribution < 1.29 is 17.9 Å². The third-order valence-corrected chi connectivity index (χ3v) is 4.17. The lowest BCUT2D eigenvalue weighted by Gasteiger charge is -2.10. The molecule has 0 aliphatic heterocycles. The molecule has 106 valence electrons. The fourth-order valence-corrected chi connectivity index (χ4v) is 2.88. The number of benzene rings is 2. The van der Waals surface area contributed by atoms with Crippen molar-refractivity contribution >= 4 is 27.3 Å². The van der Waals surface area contributed by atoms with E-state index in [1.54, 1.807) is 6.07 Å². The summed E-state index contributed by atoms with van der Waals surface area (Å²) in [5.74, 6) is -0.764. The second kappa shape index (κ2) is 5.78. The van der Waals surface area contributed by atoms with Gasteiger partial charge in [-0.05, 0) is 35.9 Å². The fraction of sp³-hybridized carbons (Fsp3) is 0.0769. The zero-order valence-corrected chi connectivity index (χ0v) is 11.7. The summed E-state index contributed by atoms with van der Waals surface area (Å²) in [4.78, 5) is -0.0570. The van der Waals surface area contributed by atoms with Gasteiger partial charge >= 0.3 is 0 Å². The summed E-state index contributed by atoms with van der Waals surface area (Å²) < 4.78 is 40.0. The number of aliphatic hydroxyl groups excluding tert-OH is 1. The smallest absolute Gasteiger partial charge is 0.261 e. The van der Waals surface area contributed by atoms with Crippen molar-refractivity contribution in [3.8, 4) is 0 Å². The Kier molecular flexibility index (Phi) is 4.27. The molecule has 2 aromatic carbocycles. The summed E-state index contributed by atoms with van der Waals surface area (Å²) in [6.45, 7) is -0.279. The highest BCUT2D eigenvalue weighted by atomic mass is 35.5. The molecule has 7 heteroatoms. The van der Waals surface area contributed by atoms with E-state index in [4.69, 9.17) is 16.7 Å². The number of hydrogen-bond acceptors (Lipinski definition) is 3. The minimum Gasteiger partial charge on any atom is -0.392 e. The number of hydrogen-bond donors (Lipinski definition) is 2. The lowest BCUT2D eigenvalue weighted by Crippen LogP contribution is -2.14. The van der Waals surface area contributed by atoms with E-state index in [1.165, 1.54) is 30.3 Å². The molecule has 0 amide bonds. The van der Waals surface area contributed by atoms with Gasteiger partial charge in [0.25, 0.3) is 10.0 Å². The quantitative estimate of drug-likeness (QED) is 0.911. The van der Waals surface area contributed by atoms with Crippen LogP contribution in [0.2, 0.25) is 5.02 Å². The van der Waals surface area contributed by atoms with Crippen LogP contribution < -0.4 is 4.72 Å². The Morgan fingerprint density at radius 1 is 1.20 bits per heavy atom. The third-order valence-electron chi connectivity index (χ3n) is 2.57. The molecule has 0 heterocycles. The molecule has 0 radical (unpaired) electrons. The second-order valence-corrected chi connectivity index (χ2v) is 6.15. The standard InChI is InChI=1S/C13H11ClFNO3S/c14-10-4-5-13(12(15)7-10)16-20(18,19)11-3-1-2-9(6-11)8-17/h1-7,16-17H,8H2. The molecule has 0 saturated carbocycles. The van der Waals surface area contributed by atoms with E-state index in [9.17, 15) is 12.8 Å². The van der Waals surface area contributed by atoms with Crippen molar-refractivity contribution in [1.29, 1.82) is 0 Å². The highest BCUT2D eigenvalue weighted by Gasteiger charge is 2.16. The zero-order chi connectivity index (χ0) is 14.8. The number of sulfonamides is 1. The van der Waals surface area contributed by atoms with Crippen LogP contribution in [0.25, 0.3) is 0 Å². The van der Waals surface area contributed by atoms with E-state index in [0.717, 1.165) is 6.07 Å². The monoisotopic (exact) mass is 315 g/mol. The molecule has 0 spiro atoms. The van der Waals surface area contributed by atoms with E-state index in [-0.39, 0.29) is 22.2 Å². The Hall–Kier alpha value is -1.63. The molecule has 0 atom stereocenters. The van der Waals surface area contributed by atoms with Crippen LogP contribution in [0.4, 0.5) is 10.1 Å². The normalized spacial score (nSPS) is 11.3. The van der Waals surface area contributed by atoms with Gasteiger partial charge in [-0.2, -0.15) is 0 Å². The highest BCUT2D eigenvalue weighted by Crippen LogP contribution is 2.22. The topological polar surface area (TPSA) is 66.4 Å². The van der Waals surface area contributed by atoms with E-state index >= 15 is 0 Å². The molecule has 20 heavy (non-hydrogen) atoms. The van der Waals surface area contributed by atoms with Crippen LogP contribution in [-0.2, 0) is 16.6 Å². The van der Waals surface area contributed by atoms with E-state index in [2.05, 4.69) is 4.72 Å². The number of halogens is 2. The molecular formula is C13H11ClFNO3S. The number of rotatable bonds is 4. The minimum absolute atomic E-state index is 0.0570. The minimum atomic E-state index is -3.93. The summed E-state index contributed by atoms with van der Waals surface area (Å²) >= 11 is 5.60. The average molecular weight is 316 g/mol. The van der Waals surface area contributed by atoms with Crippen molar-refractivity contribution in [1.82, 2.24) is 0 Å². The maximum atomic E-state index is 13.6. The van der Waals surface area contributed by atoms with Crippen LogP contribution in [0.5, 0.6) is 0 Å². The highest BCUT2D eigenvalue weighted by molar-refractivity contribution is 7.92. The predicted octanol–water partition coefficient (Wildman–Crippen LogP) is 2.77. The second-order valence-electron chi connectivity index (χ2n) is 4.04. The predicted molar refractivity (Wildman–Crippen MR) is 74.6 cm³/mol. The van der Waals surface area contributed by atoms with Crippen molar-refractivity contribution in [2.75, 3.05) is 4.72 Å². The van der Waals surface area contributed by atoms with Crippen LogP contribution in [0, 0.1) is 5.82 Å². The maximum Gasteiger partial charge on any atom is 0.261 e. The molecule has 0 aromatic heterocycles. The summed E-state index contributed by atoms with van der Waals surface area (Å²) in [6, 6.07) is 9.40. The fourth-order valence-electron chi connectivity index (χ4n) is 1.59. The van der Waals surface area contributed by atoms with Crippen LogP contribution in [0.3, 0.4) is 0 Å².